The molecule has 0 aromatic heterocycles. The van der Waals surface area contributed by atoms with Gasteiger partial charge in [0, 0.05) is 16.1 Å². The van der Waals surface area contributed by atoms with Gasteiger partial charge in [0.25, 0.3) is 11.8 Å². The third-order valence-corrected chi connectivity index (χ3v) is 5.09. The predicted octanol–water partition coefficient (Wildman–Crippen LogP) is 5.22. The van der Waals surface area contributed by atoms with Crippen LogP contribution in [0.15, 0.2) is 90.0 Å². The van der Waals surface area contributed by atoms with Crippen molar-refractivity contribution in [1.82, 2.24) is 5.43 Å². The van der Waals surface area contributed by atoms with E-state index in [9.17, 15) is 14.7 Å². The molecule has 32 heavy (non-hydrogen) atoms. The Kier molecular flexibility index (Phi) is 6.14. The number of benzene rings is 4. The predicted molar refractivity (Wildman–Crippen MR) is 127 cm³/mol. The lowest BCUT2D eigenvalue weighted by molar-refractivity contribution is 0.0956. The number of aromatic hydroxyl groups is 1. The quantitative estimate of drug-likeness (QED) is 0.292. The molecule has 0 fully saturated rings. The standard InChI is InChI=1S/C25H18ClN3O3/c26-18-12-9-17(10-13-18)24(31)28-22-8-4-3-7-20(22)25(32)29-27-15-21-19-6-2-1-5-16(19)11-14-23(21)30/h1-15,30H,(H,28,31)(H,29,32). The van der Waals surface area contributed by atoms with Crippen LogP contribution in [0.5, 0.6) is 5.75 Å². The number of nitrogens with zero attached hydrogens (tertiary/aromatic N) is 1. The minimum atomic E-state index is -0.506. The highest BCUT2D eigenvalue weighted by atomic mass is 35.5. The second-order valence-corrected chi connectivity index (χ2v) is 7.36. The van der Waals surface area contributed by atoms with Gasteiger partial charge in [-0.1, -0.05) is 54.1 Å². The van der Waals surface area contributed by atoms with E-state index in [4.69, 9.17) is 11.6 Å². The average molecular weight is 444 g/mol. The van der Waals surface area contributed by atoms with Crippen molar-refractivity contribution in [3.63, 3.8) is 0 Å². The summed E-state index contributed by atoms with van der Waals surface area (Å²) in [6, 6.07) is 24.0. The van der Waals surface area contributed by atoms with Gasteiger partial charge in [0.05, 0.1) is 17.5 Å². The number of rotatable bonds is 5. The molecule has 0 atom stereocenters. The molecular formula is C25H18ClN3O3. The van der Waals surface area contributed by atoms with Crippen molar-refractivity contribution in [3.8, 4) is 5.75 Å². The summed E-state index contributed by atoms with van der Waals surface area (Å²) in [5.74, 6) is -0.823. The maximum atomic E-state index is 12.7. The first-order chi connectivity index (χ1) is 15.5. The number of fused-ring (bicyclic) bond motifs is 1. The Balaban J connectivity index is 1.52. The molecule has 4 aromatic carbocycles. The summed E-state index contributed by atoms with van der Waals surface area (Å²) < 4.78 is 0. The summed E-state index contributed by atoms with van der Waals surface area (Å²) in [6.07, 6.45) is 1.39. The second kappa shape index (κ2) is 9.32. The van der Waals surface area contributed by atoms with Gasteiger partial charge in [-0.2, -0.15) is 5.10 Å². The van der Waals surface area contributed by atoms with Crippen molar-refractivity contribution in [1.29, 1.82) is 0 Å². The molecule has 3 N–H and O–H groups in total. The summed E-state index contributed by atoms with van der Waals surface area (Å²) in [4.78, 5) is 25.2. The number of carbonyl (C=O) groups is 2. The highest BCUT2D eigenvalue weighted by molar-refractivity contribution is 6.30. The van der Waals surface area contributed by atoms with Crippen LogP contribution in [0.3, 0.4) is 0 Å². The summed E-state index contributed by atoms with van der Waals surface area (Å²) in [6.45, 7) is 0. The van der Waals surface area contributed by atoms with Gasteiger partial charge >= 0.3 is 0 Å². The van der Waals surface area contributed by atoms with Gasteiger partial charge in [-0.25, -0.2) is 5.43 Å². The Morgan fingerprint density at radius 3 is 2.38 bits per heavy atom. The normalized spacial score (nSPS) is 10.9. The molecule has 0 unspecified atom stereocenters. The van der Waals surface area contributed by atoms with E-state index in [2.05, 4.69) is 15.8 Å². The maximum Gasteiger partial charge on any atom is 0.273 e. The maximum absolute atomic E-state index is 12.7. The molecular weight excluding hydrogens is 426 g/mol. The largest absolute Gasteiger partial charge is 0.507 e. The number of phenols is 1. The highest BCUT2D eigenvalue weighted by Gasteiger charge is 2.14. The van der Waals surface area contributed by atoms with Gasteiger partial charge in [-0.3, -0.25) is 9.59 Å². The van der Waals surface area contributed by atoms with Crippen molar-refractivity contribution in [2.45, 2.75) is 0 Å². The number of halogens is 1. The van der Waals surface area contributed by atoms with E-state index < -0.39 is 5.91 Å². The van der Waals surface area contributed by atoms with Crippen LogP contribution in [-0.2, 0) is 0 Å². The van der Waals surface area contributed by atoms with Crippen LogP contribution in [0.25, 0.3) is 10.8 Å². The smallest absolute Gasteiger partial charge is 0.273 e. The van der Waals surface area contributed by atoms with E-state index in [1.165, 1.54) is 6.21 Å². The number of hydrogen-bond acceptors (Lipinski definition) is 4. The molecule has 4 aromatic rings. The summed E-state index contributed by atoms with van der Waals surface area (Å²) in [7, 11) is 0. The summed E-state index contributed by atoms with van der Waals surface area (Å²) in [5.41, 5.74) is 3.94. The Hall–Kier alpha value is -4.16. The Morgan fingerprint density at radius 1 is 0.844 bits per heavy atom. The van der Waals surface area contributed by atoms with Crippen LogP contribution in [-0.4, -0.2) is 23.1 Å². The Morgan fingerprint density at radius 2 is 1.56 bits per heavy atom. The first-order valence-corrected chi connectivity index (χ1v) is 10.1. The van der Waals surface area contributed by atoms with Crippen molar-refractivity contribution in [2.24, 2.45) is 5.10 Å². The van der Waals surface area contributed by atoms with E-state index in [0.717, 1.165) is 10.8 Å². The van der Waals surface area contributed by atoms with E-state index in [0.29, 0.717) is 21.8 Å². The molecule has 0 aliphatic heterocycles. The zero-order chi connectivity index (χ0) is 22.5. The third kappa shape index (κ3) is 4.61. The van der Waals surface area contributed by atoms with Crippen molar-refractivity contribution < 1.29 is 14.7 Å². The number of carbonyl (C=O) groups excluding carboxylic acids is 2. The van der Waals surface area contributed by atoms with Crippen LogP contribution in [0, 0.1) is 0 Å². The molecule has 4 rings (SSSR count). The van der Waals surface area contributed by atoms with Crippen molar-refractivity contribution in [2.75, 3.05) is 5.32 Å². The van der Waals surface area contributed by atoms with Gasteiger partial charge in [-0.15, -0.1) is 0 Å². The molecule has 158 valence electrons. The fourth-order valence-corrected chi connectivity index (χ4v) is 3.35. The minimum absolute atomic E-state index is 0.0531. The van der Waals surface area contributed by atoms with Crippen molar-refractivity contribution >= 4 is 46.1 Å². The lowest BCUT2D eigenvalue weighted by Crippen LogP contribution is -2.21. The van der Waals surface area contributed by atoms with Crippen LogP contribution in [0.2, 0.25) is 5.02 Å². The topological polar surface area (TPSA) is 90.8 Å². The molecule has 0 aliphatic rings. The number of phenolic OH excluding ortho intramolecular Hbond substituents is 1. The molecule has 0 spiro atoms. The number of anilines is 1. The summed E-state index contributed by atoms with van der Waals surface area (Å²) >= 11 is 5.86. The molecule has 7 heteroatoms. The van der Waals surface area contributed by atoms with Crippen LogP contribution < -0.4 is 10.7 Å². The van der Waals surface area contributed by atoms with Crippen molar-refractivity contribution in [3.05, 3.63) is 107 Å². The van der Waals surface area contributed by atoms with Crippen LogP contribution in [0.4, 0.5) is 5.69 Å². The van der Waals surface area contributed by atoms with Gasteiger partial charge < -0.3 is 10.4 Å². The molecule has 6 nitrogen and oxygen atoms in total. The van der Waals surface area contributed by atoms with Gasteiger partial charge in [0.1, 0.15) is 5.75 Å². The lowest BCUT2D eigenvalue weighted by Gasteiger charge is -2.10. The van der Waals surface area contributed by atoms with Crippen LogP contribution >= 0.6 is 11.6 Å². The highest BCUT2D eigenvalue weighted by Crippen LogP contribution is 2.25. The average Bonchev–Trinajstić information content (AvgIpc) is 2.81. The lowest BCUT2D eigenvalue weighted by atomic mass is 10.0. The molecule has 0 heterocycles. The van der Waals surface area contributed by atoms with E-state index in [-0.39, 0.29) is 17.2 Å². The number of amides is 2. The first-order valence-electron chi connectivity index (χ1n) is 9.73. The fourth-order valence-electron chi connectivity index (χ4n) is 3.22. The molecule has 0 bridgehead atoms. The zero-order valence-electron chi connectivity index (χ0n) is 16.7. The van der Waals surface area contributed by atoms with E-state index in [1.807, 2.05) is 24.3 Å². The zero-order valence-corrected chi connectivity index (χ0v) is 17.5. The third-order valence-electron chi connectivity index (χ3n) is 4.83. The number of hydrazone groups is 1. The van der Waals surface area contributed by atoms with Gasteiger partial charge in [0.15, 0.2) is 0 Å². The molecule has 0 radical (unpaired) electrons. The number of hydrogen-bond donors (Lipinski definition) is 3. The first kappa shape index (κ1) is 21.1. The van der Waals surface area contributed by atoms with Gasteiger partial charge in [-0.05, 0) is 53.2 Å². The monoisotopic (exact) mass is 443 g/mol. The molecule has 0 saturated heterocycles. The number of nitrogens with one attached hydrogen (secondary N) is 2. The molecule has 2 amide bonds. The number of para-hydroxylation sites is 1. The molecule has 0 aliphatic carbocycles. The second-order valence-electron chi connectivity index (χ2n) is 6.93. The van der Waals surface area contributed by atoms with E-state index in [1.54, 1.807) is 60.7 Å². The molecule has 0 saturated carbocycles. The SMILES string of the molecule is O=C(Nc1ccccc1C(=O)NN=Cc1c(O)ccc2ccccc12)c1ccc(Cl)cc1. The van der Waals surface area contributed by atoms with Gasteiger partial charge in [0.2, 0.25) is 0 Å². The Bertz CT molecular complexity index is 1330. The van der Waals surface area contributed by atoms with Crippen LogP contribution in [0.1, 0.15) is 26.3 Å². The minimum Gasteiger partial charge on any atom is -0.507 e. The van der Waals surface area contributed by atoms with E-state index >= 15 is 0 Å². The summed E-state index contributed by atoms with van der Waals surface area (Å²) in [5, 5.41) is 19.2. The fraction of sp³-hybridized carbons (Fsp3) is 0. The Labute approximate surface area is 189 Å².